The van der Waals surface area contributed by atoms with Crippen molar-refractivity contribution >= 4 is 11.8 Å². The van der Waals surface area contributed by atoms with Crippen molar-refractivity contribution in [3.05, 3.63) is 0 Å². The van der Waals surface area contributed by atoms with Gasteiger partial charge in [-0.25, -0.2) is 20.6 Å². The number of nitrogens with one attached hydrogen (secondary N) is 2. The summed E-state index contributed by atoms with van der Waals surface area (Å²) in [6, 6.07) is 0. The van der Waals surface area contributed by atoms with E-state index in [-0.39, 0.29) is 11.8 Å². The zero-order chi connectivity index (χ0) is 11.7. The van der Waals surface area contributed by atoms with Crippen LogP contribution in [0.5, 0.6) is 0 Å². The van der Waals surface area contributed by atoms with Crippen LogP contribution in [0.15, 0.2) is 0 Å². The maximum absolute atomic E-state index is 10.8. The maximum Gasteiger partial charge on any atom is 0.243 e. The first-order valence-electron chi connectivity index (χ1n) is 5.02. The summed E-state index contributed by atoms with van der Waals surface area (Å²) in [6.07, 6.45) is 0.500. The Morgan fingerprint density at radius 3 is 1.67 bits per heavy atom. The Bertz CT molecular complexity index is 188. The summed E-state index contributed by atoms with van der Waals surface area (Å²) in [5.74, 6) is -0.474. The van der Waals surface area contributed by atoms with Crippen LogP contribution >= 0.6 is 0 Å². The highest BCUT2D eigenvalue weighted by Gasteiger charge is 2.10. The van der Waals surface area contributed by atoms with E-state index in [9.17, 15) is 9.59 Å². The zero-order valence-corrected chi connectivity index (χ0v) is 9.33. The van der Waals surface area contributed by atoms with E-state index in [0.717, 1.165) is 0 Å². The standard InChI is InChI=1S/C9H18N2O4/c1-4-7(12)10-14-9(6-3)15-11-8(13)5-2/h9H,4-6H2,1-3H3,(H,10,12)(H,11,13). The van der Waals surface area contributed by atoms with Crippen LogP contribution < -0.4 is 11.0 Å². The van der Waals surface area contributed by atoms with Gasteiger partial charge in [-0.3, -0.25) is 9.59 Å². The van der Waals surface area contributed by atoms with Crippen LogP contribution in [-0.2, 0) is 19.3 Å². The lowest BCUT2D eigenvalue weighted by Gasteiger charge is -2.15. The van der Waals surface area contributed by atoms with Crippen LogP contribution in [0.1, 0.15) is 40.0 Å². The fraction of sp³-hybridized carbons (Fsp3) is 0.778. The molecule has 0 atom stereocenters. The minimum Gasteiger partial charge on any atom is -0.273 e. The molecule has 2 N–H and O–H groups in total. The van der Waals surface area contributed by atoms with Gasteiger partial charge >= 0.3 is 0 Å². The molecule has 6 nitrogen and oxygen atoms in total. The van der Waals surface area contributed by atoms with Gasteiger partial charge < -0.3 is 0 Å². The van der Waals surface area contributed by atoms with Crippen LogP contribution in [0, 0.1) is 0 Å². The molecule has 0 aromatic heterocycles. The van der Waals surface area contributed by atoms with Crippen LogP contribution in [-0.4, -0.2) is 18.1 Å². The molecule has 0 unspecified atom stereocenters. The summed E-state index contributed by atoms with van der Waals surface area (Å²) in [6.45, 7) is 5.22. The molecule has 0 radical (unpaired) electrons. The van der Waals surface area contributed by atoms with Crippen molar-refractivity contribution in [3.63, 3.8) is 0 Å². The molecule has 0 saturated heterocycles. The van der Waals surface area contributed by atoms with Gasteiger partial charge in [0.05, 0.1) is 0 Å². The summed E-state index contributed by atoms with van der Waals surface area (Å²) in [5.41, 5.74) is 4.42. The lowest BCUT2D eigenvalue weighted by Crippen LogP contribution is -2.35. The molecule has 88 valence electrons. The van der Waals surface area contributed by atoms with Gasteiger partial charge in [-0.2, -0.15) is 0 Å². The molecule has 0 saturated carbocycles. The van der Waals surface area contributed by atoms with Crippen molar-refractivity contribution in [2.24, 2.45) is 0 Å². The van der Waals surface area contributed by atoms with Gasteiger partial charge in [0, 0.05) is 19.3 Å². The quantitative estimate of drug-likeness (QED) is 0.485. The number of hydrogen-bond donors (Lipinski definition) is 2. The van der Waals surface area contributed by atoms with Crippen molar-refractivity contribution in [2.45, 2.75) is 46.3 Å². The highest BCUT2D eigenvalue weighted by atomic mass is 16.8. The number of hydrogen-bond acceptors (Lipinski definition) is 4. The molecule has 0 heterocycles. The SMILES string of the molecule is CCC(=O)NOC(CC)ONC(=O)CC. The Hall–Kier alpha value is -1.14. The maximum atomic E-state index is 10.8. The molecule has 15 heavy (non-hydrogen) atoms. The van der Waals surface area contributed by atoms with E-state index in [1.807, 2.05) is 0 Å². The van der Waals surface area contributed by atoms with Crippen molar-refractivity contribution in [3.8, 4) is 0 Å². The van der Waals surface area contributed by atoms with Crippen LogP contribution in [0.4, 0.5) is 0 Å². The minimum atomic E-state index is -0.670. The number of carbonyl (C=O) groups excluding carboxylic acids is 2. The van der Waals surface area contributed by atoms with E-state index in [1.54, 1.807) is 20.8 Å². The molecule has 0 aliphatic carbocycles. The zero-order valence-electron chi connectivity index (χ0n) is 9.33. The van der Waals surface area contributed by atoms with Crippen molar-refractivity contribution in [1.82, 2.24) is 11.0 Å². The van der Waals surface area contributed by atoms with E-state index < -0.39 is 6.29 Å². The predicted molar refractivity (Wildman–Crippen MR) is 53.1 cm³/mol. The van der Waals surface area contributed by atoms with E-state index >= 15 is 0 Å². The van der Waals surface area contributed by atoms with Gasteiger partial charge in [0.2, 0.25) is 18.1 Å². The third-order valence-electron chi connectivity index (χ3n) is 1.58. The van der Waals surface area contributed by atoms with Gasteiger partial charge in [0.15, 0.2) is 0 Å². The predicted octanol–water partition coefficient (Wildman–Crippen LogP) is 0.638. The first-order chi connectivity index (χ1) is 7.13. The largest absolute Gasteiger partial charge is 0.273 e. The van der Waals surface area contributed by atoms with Crippen molar-refractivity contribution in [1.29, 1.82) is 0 Å². The molecular weight excluding hydrogens is 200 g/mol. The highest BCUT2D eigenvalue weighted by Crippen LogP contribution is 1.96. The second kappa shape index (κ2) is 8.19. The smallest absolute Gasteiger partial charge is 0.243 e. The summed E-state index contributed by atoms with van der Waals surface area (Å²) in [4.78, 5) is 31.5. The average molecular weight is 218 g/mol. The Morgan fingerprint density at radius 1 is 1.00 bits per heavy atom. The number of hydroxylamine groups is 2. The van der Waals surface area contributed by atoms with E-state index in [4.69, 9.17) is 9.68 Å². The summed E-state index contributed by atoms with van der Waals surface area (Å²) in [7, 11) is 0. The number of rotatable bonds is 7. The second-order valence-electron chi connectivity index (χ2n) is 2.83. The third-order valence-corrected chi connectivity index (χ3v) is 1.58. The topological polar surface area (TPSA) is 76.7 Å². The summed E-state index contributed by atoms with van der Waals surface area (Å²) < 4.78 is 0. The highest BCUT2D eigenvalue weighted by molar-refractivity contribution is 5.74. The molecule has 2 amide bonds. The van der Waals surface area contributed by atoms with E-state index in [1.165, 1.54) is 0 Å². The second-order valence-corrected chi connectivity index (χ2v) is 2.83. The molecule has 0 bridgehead atoms. The number of carbonyl (C=O) groups is 2. The normalized spacial score (nSPS) is 10.1. The molecule has 0 aliphatic heterocycles. The fourth-order valence-corrected chi connectivity index (χ4v) is 0.598. The molecule has 0 rings (SSSR count). The van der Waals surface area contributed by atoms with Gasteiger partial charge in [-0.15, -0.1) is 0 Å². The minimum absolute atomic E-state index is 0.237. The monoisotopic (exact) mass is 218 g/mol. The molecule has 0 aromatic rings. The number of amides is 2. The third kappa shape index (κ3) is 6.87. The van der Waals surface area contributed by atoms with E-state index in [0.29, 0.717) is 19.3 Å². The molecular formula is C9H18N2O4. The molecule has 0 aliphatic rings. The lowest BCUT2D eigenvalue weighted by atomic mass is 10.5. The van der Waals surface area contributed by atoms with Gasteiger partial charge in [0.25, 0.3) is 0 Å². The Balaban J connectivity index is 3.73. The molecule has 0 fully saturated rings. The van der Waals surface area contributed by atoms with E-state index in [2.05, 4.69) is 11.0 Å². The average Bonchev–Trinajstić information content (AvgIpc) is 2.28. The van der Waals surface area contributed by atoms with Crippen molar-refractivity contribution in [2.75, 3.05) is 0 Å². The lowest BCUT2D eigenvalue weighted by molar-refractivity contribution is -0.213. The Morgan fingerprint density at radius 2 is 1.40 bits per heavy atom. The molecule has 6 heteroatoms. The van der Waals surface area contributed by atoms with Gasteiger partial charge in [-0.1, -0.05) is 20.8 Å². The van der Waals surface area contributed by atoms with Gasteiger partial charge in [0.1, 0.15) is 0 Å². The van der Waals surface area contributed by atoms with Crippen LogP contribution in [0.3, 0.4) is 0 Å². The Labute approximate surface area is 89.2 Å². The van der Waals surface area contributed by atoms with Crippen molar-refractivity contribution < 1.29 is 19.3 Å². The van der Waals surface area contributed by atoms with Gasteiger partial charge in [-0.05, 0) is 0 Å². The summed E-state index contributed by atoms with van der Waals surface area (Å²) >= 11 is 0. The molecule has 0 spiro atoms. The fourth-order valence-electron chi connectivity index (χ4n) is 0.598. The first kappa shape index (κ1) is 13.9. The molecule has 0 aromatic carbocycles. The Kier molecular flexibility index (Phi) is 7.57. The van der Waals surface area contributed by atoms with Crippen LogP contribution in [0.2, 0.25) is 0 Å². The first-order valence-corrected chi connectivity index (χ1v) is 5.02. The summed E-state index contributed by atoms with van der Waals surface area (Å²) in [5, 5.41) is 0. The van der Waals surface area contributed by atoms with Crippen LogP contribution in [0.25, 0.3) is 0 Å².